The van der Waals surface area contributed by atoms with Crippen LogP contribution in [-0.4, -0.2) is 23.5 Å². The summed E-state index contributed by atoms with van der Waals surface area (Å²) >= 11 is 0. The molecule has 5 heteroatoms. The number of nitrogens with one attached hydrogen (secondary N) is 1. The quantitative estimate of drug-likeness (QED) is 0.365. The van der Waals surface area contributed by atoms with Crippen LogP contribution in [0.2, 0.25) is 0 Å². The van der Waals surface area contributed by atoms with Gasteiger partial charge >= 0.3 is 5.97 Å². The van der Waals surface area contributed by atoms with Crippen LogP contribution in [-0.2, 0) is 14.3 Å². The first-order valence-corrected chi connectivity index (χ1v) is 10.1. The van der Waals surface area contributed by atoms with Gasteiger partial charge in [-0.1, -0.05) is 66.7 Å². The van der Waals surface area contributed by atoms with Crippen LogP contribution in [0.4, 0.5) is 0 Å². The first-order chi connectivity index (χ1) is 15.1. The van der Waals surface area contributed by atoms with Gasteiger partial charge in [0.25, 0.3) is 5.91 Å². The minimum absolute atomic E-state index is 0.213. The monoisotopic (exact) mass is 410 g/mol. The number of pyridine rings is 1. The number of aromatic nitrogens is 1. The van der Waals surface area contributed by atoms with Gasteiger partial charge in [0.2, 0.25) is 0 Å². The number of rotatable bonds is 6. The highest BCUT2D eigenvalue weighted by Gasteiger charge is 2.13. The van der Waals surface area contributed by atoms with Gasteiger partial charge < -0.3 is 10.1 Å². The molecule has 0 saturated carbocycles. The Morgan fingerprint density at radius 1 is 0.968 bits per heavy atom. The molecule has 0 aliphatic rings. The molecule has 1 atom stereocenters. The Balaban J connectivity index is 1.35. The minimum Gasteiger partial charge on any atom is -0.452 e. The Morgan fingerprint density at radius 2 is 1.71 bits per heavy atom. The summed E-state index contributed by atoms with van der Waals surface area (Å²) in [5, 5.41) is 6.07. The first kappa shape index (κ1) is 20.3. The fourth-order valence-corrected chi connectivity index (χ4v) is 3.59. The van der Waals surface area contributed by atoms with Crippen molar-refractivity contribution in [2.45, 2.75) is 13.0 Å². The molecule has 0 aliphatic carbocycles. The first-order valence-electron chi connectivity index (χ1n) is 10.1. The van der Waals surface area contributed by atoms with E-state index in [1.165, 1.54) is 6.08 Å². The van der Waals surface area contributed by atoms with E-state index in [9.17, 15) is 9.59 Å². The van der Waals surface area contributed by atoms with Crippen LogP contribution in [0.5, 0.6) is 0 Å². The average Bonchev–Trinajstić information content (AvgIpc) is 2.81. The second-order valence-corrected chi connectivity index (χ2v) is 7.22. The van der Waals surface area contributed by atoms with Crippen molar-refractivity contribution in [3.05, 3.63) is 96.2 Å². The van der Waals surface area contributed by atoms with Crippen molar-refractivity contribution in [2.75, 3.05) is 6.61 Å². The Morgan fingerprint density at radius 3 is 2.61 bits per heavy atom. The molecule has 0 aliphatic heterocycles. The second-order valence-electron chi connectivity index (χ2n) is 7.22. The van der Waals surface area contributed by atoms with E-state index in [-0.39, 0.29) is 18.6 Å². The maximum Gasteiger partial charge on any atom is 0.331 e. The fourth-order valence-electron chi connectivity index (χ4n) is 3.59. The Kier molecular flexibility index (Phi) is 6.03. The molecule has 0 bridgehead atoms. The fraction of sp³-hybridized carbons (Fsp3) is 0.115. The summed E-state index contributed by atoms with van der Waals surface area (Å²) in [6.07, 6.45) is 4.67. The number of hydrogen-bond acceptors (Lipinski definition) is 4. The Hall–Kier alpha value is -3.99. The van der Waals surface area contributed by atoms with E-state index in [1.807, 2.05) is 79.7 Å². The lowest BCUT2D eigenvalue weighted by atomic mass is 10.00. The molecule has 0 radical (unpaired) electrons. The predicted octanol–water partition coefficient (Wildman–Crippen LogP) is 4.82. The van der Waals surface area contributed by atoms with E-state index in [2.05, 4.69) is 10.3 Å². The highest BCUT2D eigenvalue weighted by Crippen LogP contribution is 2.24. The van der Waals surface area contributed by atoms with E-state index < -0.39 is 5.97 Å². The normalized spacial score (nSPS) is 12.2. The summed E-state index contributed by atoms with van der Waals surface area (Å²) in [5.74, 6) is -0.935. The molecule has 0 fully saturated rings. The van der Waals surface area contributed by atoms with Crippen molar-refractivity contribution in [3.8, 4) is 0 Å². The van der Waals surface area contributed by atoms with E-state index in [1.54, 1.807) is 12.3 Å². The zero-order valence-corrected chi connectivity index (χ0v) is 17.1. The van der Waals surface area contributed by atoms with Crippen molar-refractivity contribution >= 4 is 39.6 Å². The van der Waals surface area contributed by atoms with Gasteiger partial charge in [0.15, 0.2) is 6.61 Å². The molecule has 4 aromatic rings. The number of para-hydroxylation sites is 1. The largest absolute Gasteiger partial charge is 0.452 e. The number of benzene rings is 3. The van der Waals surface area contributed by atoms with E-state index in [0.29, 0.717) is 0 Å². The Bertz CT molecular complexity index is 1270. The molecule has 3 aromatic carbocycles. The van der Waals surface area contributed by atoms with Crippen molar-refractivity contribution in [1.82, 2.24) is 10.3 Å². The lowest BCUT2D eigenvalue weighted by Crippen LogP contribution is -2.31. The summed E-state index contributed by atoms with van der Waals surface area (Å²) in [7, 11) is 0. The molecule has 31 heavy (non-hydrogen) atoms. The number of fused-ring (bicyclic) bond motifs is 2. The minimum atomic E-state index is -0.583. The van der Waals surface area contributed by atoms with Gasteiger partial charge in [-0.15, -0.1) is 0 Å². The smallest absolute Gasteiger partial charge is 0.331 e. The number of amides is 1. The number of ether oxygens (including phenoxy) is 1. The van der Waals surface area contributed by atoms with Gasteiger partial charge in [0.1, 0.15) is 0 Å². The SMILES string of the molecule is C[C@@H](NC(=O)COC(=O)/C=C/c1cccc2cccnc12)c1cccc2ccccc12. The summed E-state index contributed by atoms with van der Waals surface area (Å²) in [4.78, 5) is 28.7. The Labute approximate surface area is 180 Å². The topological polar surface area (TPSA) is 68.3 Å². The van der Waals surface area contributed by atoms with Crippen LogP contribution < -0.4 is 5.32 Å². The molecule has 0 saturated heterocycles. The van der Waals surface area contributed by atoms with Crippen molar-refractivity contribution in [2.24, 2.45) is 0 Å². The lowest BCUT2D eigenvalue weighted by Gasteiger charge is -2.16. The van der Waals surface area contributed by atoms with Crippen LogP contribution in [0, 0.1) is 0 Å². The van der Waals surface area contributed by atoms with Crippen molar-refractivity contribution < 1.29 is 14.3 Å². The van der Waals surface area contributed by atoms with Crippen LogP contribution in [0.1, 0.15) is 24.1 Å². The number of esters is 1. The van der Waals surface area contributed by atoms with Crippen LogP contribution in [0.15, 0.2) is 85.1 Å². The van der Waals surface area contributed by atoms with Gasteiger partial charge in [-0.05, 0) is 35.4 Å². The van der Waals surface area contributed by atoms with Crippen LogP contribution in [0.3, 0.4) is 0 Å². The van der Waals surface area contributed by atoms with Gasteiger partial charge in [0, 0.05) is 23.2 Å². The third kappa shape index (κ3) is 4.78. The molecule has 1 amide bonds. The molecule has 1 heterocycles. The number of carbonyl (C=O) groups is 2. The predicted molar refractivity (Wildman–Crippen MR) is 122 cm³/mol. The third-order valence-electron chi connectivity index (χ3n) is 5.08. The molecule has 4 rings (SSSR count). The highest BCUT2D eigenvalue weighted by molar-refractivity contribution is 5.94. The zero-order valence-electron chi connectivity index (χ0n) is 17.1. The molecular weight excluding hydrogens is 388 g/mol. The summed E-state index contributed by atoms with van der Waals surface area (Å²) in [6, 6.07) is 23.3. The van der Waals surface area contributed by atoms with Gasteiger partial charge in [-0.3, -0.25) is 9.78 Å². The lowest BCUT2D eigenvalue weighted by molar-refractivity contribution is -0.144. The van der Waals surface area contributed by atoms with Gasteiger partial charge in [-0.25, -0.2) is 4.79 Å². The molecular formula is C26H22N2O3. The molecule has 5 nitrogen and oxygen atoms in total. The molecule has 0 unspecified atom stereocenters. The third-order valence-corrected chi connectivity index (χ3v) is 5.08. The second kappa shape index (κ2) is 9.22. The molecule has 1 aromatic heterocycles. The highest BCUT2D eigenvalue weighted by atomic mass is 16.5. The van der Waals surface area contributed by atoms with Crippen LogP contribution >= 0.6 is 0 Å². The van der Waals surface area contributed by atoms with Gasteiger partial charge in [0.05, 0.1) is 11.6 Å². The van der Waals surface area contributed by atoms with Crippen molar-refractivity contribution in [1.29, 1.82) is 0 Å². The van der Waals surface area contributed by atoms with Gasteiger partial charge in [-0.2, -0.15) is 0 Å². The number of hydrogen-bond donors (Lipinski definition) is 1. The number of nitrogens with zero attached hydrogens (tertiary/aromatic N) is 1. The summed E-state index contributed by atoms with van der Waals surface area (Å²) in [5.41, 5.74) is 2.63. The molecule has 1 N–H and O–H groups in total. The zero-order chi connectivity index (χ0) is 21.6. The van der Waals surface area contributed by atoms with E-state index >= 15 is 0 Å². The number of carbonyl (C=O) groups excluding carboxylic acids is 2. The summed E-state index contributed by atoms with van der Waals surface area (Å²) < 4.78 is 5.10. The molecule has 0 spiro atoms. The van der Waals surface area contributed by atoms with E-state index in [0.717, 1.165) is 32.8 Å². The average molecular weight is 410 g/mol. The standard InChI is InChI=1S/C26H22N2O3/c1-18(22-13-5-8-19-7-2-3-12-23(19)22)28-24(29)17-31-25(30)15-14-21-10-4-9-20-11-6-16-27-26(20)21/h2-16,18H,17H2,1H3,(H,28,29)/b15-14+/t18-/m1/s1. The maximum absolute atomic E-state index is 12.3. The summed E-state index contributed by atoms with van der Waals surface area (Å²) in [6.45, 7) is 1.57. The molecule has 154 valence electrons. The maximum atomic E-state index is 12.3. The van der Waals surface area contributed by atoms with Crippen LogP contribution in [0.25, 0.3) is 27.8 Å². The van der Waals surface area contributed by atoms with Crippen molar-refractivity contribution in [3.63, 3.8) is 0 Å². The van der Waals surface area contributed by atoms with E-state index in [4.69, 9.17) is 4.74 Å².